The standard InChI is InChI=1S/C11H14N4O3S/c1-19-7-3-2-6-12-8-4-5-9(15(16)17)11-10(8)13-18-14-11/h4-5,12H,2-3,6-7H2,1H3. The predicted octanol–water partition coefficient (Wildman–Crippen LogP) is 2.69. The van der Waals surface area contributed by atoms with E-state index in [1.807, 2.05) is 11.8 Å². The average Bonchev–Trinajstić information content (AvgIpc) is 2.87. The average molecular weight is 282 g/mol. The first-order chi connectivity index (χ1) is 9.24. The van der Waals surface area contributed by atoms with Crippen molar-refractivity contribution in [3.05, 3.63) is 22.2 Å². The van der Waals surface area contributed by atoms with Gasteiger partial charge in [0.05, 0.1) is 10.6 Å². The van der Waals surface area contributed by atoms with Crippen LogP contribution in [0.25, 0.3) is 11.0 Å². The van der Waals surface area contributed by atoms with Gasteiger partial charge in [-0.3, -0.25) is 10.1 Å². The summed E-state index contributed by atoms with van der Waals surface area (Å²) in [5.74, 6) is 1.13. The monoisotopic (exact) mass is 282 g/mol. The van der Waals surface area contributed by atoms with Gasteiger partial charge in [-0.1, -0.05) is 0 Å². The Kier molecular flexibility index (Phi) is 4.56. The van der Waals surface area contributed by atoms with E-state index >= 15 is 0 Å². The summed E-state index contributed by atoms with van der Waals surface area (Å²) in [5, 5.41) is 21.3. The van der Waals surface area contributed by atoms with Crippen LogP contribution < -0.4 is 5.32 Å². The third kappa shape index (κ3) is 3.14. The number of nitrogens with one attached hydrogen (secondary N) is 1. The molecule has 0 aliphatic rings. The lowest BCUT2D eigenvalue weighted by Gasteiger charge is -2.05. The first-order valence-electron chi connectivity index (χ1n) is 5.86. The van der Waals surface area contributed by atoms with Gasteiger partial charge in [0.2, 0.25) is 5.52 Å². The van der Waals surface area contributed by atoms with Gasteiger partial charge in [0.25, 0.3) is 0 Å². The molecule has 0 fully saturated rings. The van der Waals surface area contributed by atoms with Gasteiger partial charge in [0.15, 0.2) is 5.52 Å². The molecule has 0 saturated carbocycles. The number of hydrogen-bond donors (Lipinski definition) is 1. The van der Waals surface area contributed by atoms with Crippen molar-refractivity contribution in [1.29, 1.82) is 0 Å². The number of nitrogens with zero attached hydrogens (tertiary/aromatic N) is 3. The van der Waals surface area contributed by atoms with Crippen molar-refractivity contribution in [2.45, 2.75) is 12.8 Å². The van der Waals surface area contributed by atoms with E-state index in [2.05, 4.69) is 26.5 Å². The third-order valence-electron chi connectivity index (χ3n) is 2.68. The maximum Gasteiger partial charge on any atom is 0.300 e. The Morgan fingerprint density at radius 2 is 2.16 bits per heavy atom. The van der Waals surface area contributed by atoms with Gasteiger partial charge in [-0.15, -0.1) is 0 Å². The first-order valence-corrected chi connectivity index (χ1v) is 7.26. The molecule has 0 amide bonds. The maximum atomic E-state index is 10.8. The van der Waals surface area contributed by atoms with E-state index in [0.29, 0.717) is 11.2 Å². The number of anilines is 1. The second kappa shape index (κ2) is 6.37. The molecule has 8 heteroatoms. The fourth-order valence-corrected chi connectivity index (χ4v) is 2.23. The number of aromatic nitrogens is 2. The van der Waals surface area contributed by atoms with Crippen molar-refractivity contribution in [2.24, 2.45) is 0 Å². The Balaban J connectivity index is 2.10. The third-order valence-corrected chi connectivity index (χ3v) is 3.38. The molecule has 1 N–H and O–H groups in total. The summed E-state index contributed by atoms with van der Waals surface area (Å²) < 4.78 is 4.59. The van der Waals surface area contributed by atoms with Crippen LogP contribution in [0.15, 0.2) is 16.8 Å². The summed E-state index contributed by atoms with van der Waals surface area (Å²) in [5.41, 5.74) is 1.20. The minimum Gasteiger partial charge on any atom is -0.383 e. The van der Waals surface area contributed by atoms with Crippen molar-refractivity contribution in [3.63, 3.8) is 0 Å². The second-order valence-corrected chi connectivity index (χ2v) is 4.96. The zero-order chi connectivity index (χ0) is 13.7. The van der Waals surface area contributed by atoms with Gasteiger partial charge in [-0.05, 0) is 41.2 Å². The van der Waals surface area contributed by atoms with Crippen molar-refractivity contribution < 1.29 is 9.55 Å². The van der Waals surface area contributed by atoms with Gasteiger partial charge in [-0.2, -0.15) is 11.8 Å². The lowest BCUT2D eigenvalue weighted by molar-refractivity contribution is -0.383. The highest BCUT2D eigenvalue weighted by Gasteiger charge is 2.19. The molecule has 0 saturated heterocycles. The van der Waals surface area contributed by atoms with Crippen LogP contribution in [0.2, 0.25) is 0 Å². The summed E-state index contributed by atoms with van der Waals surface area (Å²) in [7, 11) is 0. The number of thioether (sulfide) groups is 1. The molecular formula is C11H14N4O3S. The van der Waals surface area contributed by atoms with Crippen LogP contribution in [0.1, 0.15) is 12.8 Å². The summed E-state index contributed by atoms with van der Waals surface area (Å²) >= 11 is 1.82. The molecule has 19 heavy (non-hydrogen) atoms. The molecule has 1 heterocycles. The molecule has 0 aliphatic heterocycles. The molecular weight excluding hydrogens is 268 g/mol. The fraction of sp³-hybridized carbons (Fsp3) is 0.455. The molecule has 0 spiro atoms. The lowest BCUT2D eigenvalue weighted by Crippen LogP contribution is -2.03. The van der Waals surface area contributed by atoms with E-state index in [0.717, 1.165) is 25.1 Å². The molecule has 0 unspecified atom stereocenters. The number of non-ortho nitro benzene ring substituents is 1. The minimum atomic E-state index is -0.491. The van der Waals surface area contributed by atoms with E-state index in [1.54, 1.807) is 6.07 Å². The van der Waals surface area contributed by atoms with Crippen LogP contribution in [0.5, 0.6) is 0 Å². The van der Waals surface area contributed by atoms with Gasteiger partial charge in [-0.25, -0.2) is 4.63 Å². The van der Waals surface area contributed by atoms with E-state index in [9.17, 15) is 10.1 Å². The SMILES string of the molecule is CSCCCCNc1ccc([N+](=O)[O-])c2nonc12. The summed E-state index contributed by atoms with van der Waals surface area (Å²) in [6.07, 6.45) is 4.24. The number of rotatable bonds is 7. The van der Waals surface area contributed by atoms with Crippen molar-refractivity contribution in [2.75, 3.05) is 23.9 Å². The van der Waals surface area contributed by atoms with Gasteiger partial charge < -0.3 is 5.32 Å². The van der Waals surface area contributed by atoms with Crippen LogP contribution in [-0.2, 0) is 0 Å². The number of unbranched alkanes of at least 4 members (excludes halogenated alkanes) is 1. The van der Waals surface area contributed by atoms with Gasteiger partial charge in [0.1, 0.15) is 0 Å². The topological polar surface area (TPSA) is 94.1 Å². The largest absolute Gasteiger partial charge is 0.383 e. The predicted molar refractivity (Wildman–Crippen MR) is 74.6 cm³/mol. The molecule has 0 bridgehead atoms. The highest BCUT2D eigenvalue weighted by molar-refractivity contribution is 7.98. The molecule has 1 aromatic carbocycles. The highest BCUT2D eigenvalue weighted by atomic mass is 32.2. The van der Waals surface area contributed by atoms with Crippen molar-refractivity contribution in [1.82, 2.24) is 10.3 Å². The number of fused-ring (bicyclic) bond motifs is 1. The molecule has 102 valence electrons. The molecule has 2 aromatic rings. The number of benzene rings is 1. The molecule has 7 nitrogen and oxygen atoms in total. The summed E-state index contributed by atoms with van der Waals surface area (Å²) in [4.78, 5) is 10.3. The lowest BCUT2D eigenvalue weighted by atomic mass is 10.2. The zero-order valence-corrected chi connectivity index (χ0v) is 11.3. The quantitative estimate of drug-likeness (QED) is 0.474. The van der Waals surface area contributed by atoms with Crippen LogP contribution >= 0.6 is 11.8 Å². The van der Waals surface area contributed by atoms with E-state index in [1.165, 1.54) is 6.07 Å². The van der Waals surface area contributed by atoms with Gasteiger partial charge in [0, 0.05) is 12.6 Å². The Morgan fingerprint density at radius 3 is 2.89 bits per heavy atom. The van der Waals surface area contributed by atoms with E-state index in [-0.39, 0.29) is 11.2 Å². The maximum absolute atomic E-state index is 10.8. The molecule has 0 aliphatic carbocycles. The number of nitro benzene ring substituents is 1. The normalized spacial score (nSPS) is 10.8. The van der Waals surface area contributed by atoms with Crippen LogP contribution in [-0.4, -0.2) is 33.8 Å². The Bertz CT molecular complexity index is 572. The second-order valence-electron chi connectivity index (χ2n) is 3.98. The number of hydrogen-bond acceptors (Lipinski definition) is 7. The van der Waals surface area contributed by atoms with Crippen LogP contribution in [0, 0.1) is 10.1 Å². The summed E-state index contributed by atoms with van der Waals surface area (Å²) in [6, 6.07) is 3.05. The first kappa shape index (κ1) is 13.6. The molecule has 0 radical (unpaired) electrons. The van der Waals surface area contributed by atoms with E-state index < -0.39 is 4.92 Å². The highest BCUT2D eigenvalue weighted by Crippen LogP contribution is 2.28. The minimum absolute atomic E-state index is 0.0933. The summed E-state index contributed by atoms with van der Waals surface area (Å²) in [6.45, 7) is 0.792. The number of nitro groups is 1. The fourth-order valence-electron chi connectivity index (χ4n) is 1.74. The molecule has 1 aromatic heterocycles. The van der Waals surface area contributed by atoms with E-state index in [4.69, 9.17) is 0 Å². The van der Waals surface area contributed by atoms with Crippen molar-refractivity contribution in [3.8, 4) is 0 Å². The van der Waals surface area contributed by atoms with Gasteiger partial charge >= 0.3 is 5.69 Å². The van der Waals surface area contributed by atoms with Crippen LogP contribution in [0.3, 0.4) is 0 Å². The van der Waals surface area contributed by atoms with Crippen molar-refractivity contribution >= 4 is 34.2 Å². The smallest absolute Gasteiger partial charge is 0.300 e. The Labute approximate surface area is 113 Å². The Morgan fingerprint density at radius 1 is 1.37 bits per heavy atom. The zero-order valence-electron chi connectivity index (χ0n) is 10.5. The van der Waals surface area contributed by atoms with Crippen LogP contribution in [0.4, 0.5) is 11.4 Å². The molecule has 0 atom stereocenters. The molecule has 2 rings (SSSR count). The Hall–Kier alpha value is -1.83.